The predicted molar refractivity (Wildman–Crippen MR) is 129 cm³/mol. The van der Waals surface area contributed by atoms with E-state index in [-0.39, 0.29) is 0 Å². The minimum Gasteiger partial charge on any atom is -0.543 e. The molecule has 0 bridgehead atoms. The molecule has 0 aliphatic heterocycles. The monoisotopic (exact) mass is 404 g/mol. The summed E-state index contributed by atoms with van der Waals surface area (Å²) in [4.78, 5) is 0. The second kappa shape index (κ2) is 15.1. The van der Waals surface area contributed by atoms with E-state index in [9.17, 15) is 0 Å². The van der Waals surface area contributed by atoms with Crippen molar-refractivity contribution in [2.24, 2.45) is 0 Å². The molecule has 0 spiro atoms. The summed E-state index contributed by atoms with van der Waals surface area (Å²) in [5.74, 6) is 1.15. The van der Waals surface area contributed by atoms with Crippen LogP contribution in [0.25, 0.3) is 0 Å². The molecule has 0 fully saturated rings. The summed E-state index contributed by atoms with van der Waals surface area (Å²) in [5, 5.41) is 0. The van der Waals surface area contributed by atoms with E-state index in [1.807, 2.05) is 0 Å². The summed E-state index contributed by atoms with van der Waals surface area (Å²) in [7, 11) is -1.73. The first-order valence-corrected chi connectivity index (χ1v) is 14.9. The maximum atomic E-state index is 7.02. The van der Waals surface area contributed by atoms with Crippen LogP contribution < -0.4 is 4.43 Å². The van der Waals surface area contributed by atoms with E-state index in [0.717, 1.165) is 5.75 Å². The molecular formula is C26H48OSi. The first kappa shape index (κ1) is 25.3. The Labute approximate surface area is 177 Å². The zero-order chi connectivity index (χ0) is 20.7. The molecule has 1 aromatic carbocycles. The van der Waals surface area contributed by atoms with Gasteiger partial charge in [0.15, 0.2) is 0 Å². The van der Waals surface area contributed by atoms with Crippen LogP contribution >= 0.6 is 0 Å². The molecule has 2 heteroatoms. The molecule has 0 saturated carbocycles. The standard InChI is InChI=1S/C26H48OSi/c1-6-9-12-15-20-28(21-16-13-10-7-2,22-17-14-11-8-3)27-26-19-18-24(4)25(5)23-26/h18-19,23H,6-17,20-22H2,1-5H3. The van der Waals surface area contributed by atoms with Crippen LogP contribution in [-0.2, 0) is 0 Å². The first-order chi connectivity index (χ1) is 13.6. The normalized spacial score (nSPS) is 11.8. The van der Waals surface area contributed by atoms with Crippen molar-refractivity contribution in [1.82, 2.24) is 0 Å². The lowest BCUT2D eigenvalue weighted by Gasteiger charge is -2.33. The molecule has 0 unspecified atom stereocenters. The fourth-order valence-corrected chi connectivity index (χ4v) is 8.54. The lowest BCUT2D eigenvalue weighted by atomic mass is 10.1. The van der Waals surface area contributed by atoms with E-state index in [2.05, 4.69) is 52.8 Å². The van der Waals surface area contributed by atoms with Crippen LogP contribution in [-0.4, -0.2) is 8.32 Å². The molecule has 162 valence electrons. The minimum absolute atomic E-state index is 1.15. The lowest BCUT2D eigenvalue weighted by molar-refractivity contribution is 0.502. The van der Waals surface area contributed by atoms with E-state index >= 15 is 0 Å². The highest BCUT2D eigenvalue weighted by Crippen LogP contribution is 2.33. The Morgan fingerprint density at radius 2 is 1.07 bits per heavy atom. The van der Waals surface area contributed by atoms with Crippen LogP contribution in [0.1, 0.15) is 109 Å². The lowest BCUT2D eigenvalue weighted by Crippen LogP contribution is -2.41. The first-order valence-electron chi connectivity index (χ1n) is 12.3. The summed E-state index contributed by atoms with van der Waals surface area (Å²) in [6.07, 6.45) is 16.3. The number of rotatable bonds is 17. The average molecular weight is 405 g/mol. The molecule has 1 nitrogen and oxygen atoms in total. The molecule has 28 heavy (non-hydrogen) atoms. The van der Waals surface area contributed by atoms with E-state index in [1.165, 1.54) is 106 Å². The maximum Gasteiger partial charge on any atom is 0.251 e. The molecule has 0 atom stereocenters. The fourth-order valence-electron chi connectivity index (χ4n) is 4.18. The Kier molecular flexibility index (Phi) is 13.7. The third-order valence-electron chi connectivity index (χ3n) is 6.27. The molecule has 0 aromatic heterocycles. The summed E-state index contributed by atoms with van der Waals surface area (Å²) < 4.78 is 7.02. The molecule has 1 aromatic rings. The van der Waals surface area contributed by atoms with Gasteiger partial charge in [-0.1, -0.05) is 104 Å². The van der Waals surface area contributed by atoms with Gasteiger partial charge in [-0.15, -0.1) is 0 Å². The smallest absolute Gasteiger partial charge is 0.251 e. The van der Waals surface area contributed by atoms with Crippen LogP contribution in [0.3, 0.4) is 0 Å². The van der Waals surface area contributed by atoms with Crippen molar-refractivity contribution in [3.05, 3.63) is 29.3 Å². The molecule has 0 amide bonds. The summed E-state index contributed by atoms with van der Waals surface area (Å²) in [6, 6.07) is 10.8. The van der Waals surface area contributed by atoms with E-state index in [0.29, 0.717) is 0 Å². The summed E-state index contributed by atoms with van der Waals surface area (Å²) >= 11 is 0. The number of benzene rings is 1. The van der Waals surface area contributed by atoms with Gasteiger partial charge in [-0.2, -0.15) is 0 Å². The predicted octanol–water partition coefficient (Wildman–Crippen LogP) is 9.37. The maximum absolute atomic E-state index is 7.02. The quantitative estimate of drug-likeness (QED) is 0.185. The van der Waals surface area contributed by atoms with Gasteiger partial charge in [-0.05, 0) is 55.2 Å². The van der Waals surface area contributed by atoms with Gasteiger partial charge in [-0.3, -0.25) is 0 Å². The minimum atomic E-state index is -1.73. The summed E-state index contributed by atoms with van der Waals surface area (Å²) in [6.45, 7) is 11.3. The number of hydrogen-bond acceptors (Lipinski definition) is 1. The van der Waals surface area contributed by atoms with E-state index in [1.54, 1.807) is 0 Å². The molecule has 0 aliphatic carbocycles. The zero-order valence-corrected chi connectivity index (χ0v) is 20.7. The summed E-state index contributed by atoms with van der Waals surface area (Å²) in [5.41, 5.74) is 2.73. The number of aryl methyl sites for hydroxylation is 2. The second-order valence-corrected chi connectivity index (χ2v) is 13.0. The Morgan fingerprint density at radius 3 is 1.46 bits per heavy atom. The Morgan fingerprint density at radius 1 is 0.607 bits per heavy atom. The van der Waals surface area contributed by atoms with Gasteiger partial charge >= 0.3 is 0 Å². The van der Waals surface area contributed by atoms with Crippen molar-refractivity contribution < 1.29 is 4.43 Å². The van der Waals surface area contributed by atoms with Gasteiger partial charge in [0, 0.05) is 0 Å². The molecule has 0 aliphatic rings. The van der Waals surface area contributed by atoms with Crippen molar-refractivity contribution in [2.45, 2.75) is 130 Å². The van der Waals surface area contributed by atoms with Gasteiger partial charge in [-0.25, -0.2) is 0 Å². The van der Waals surface area contributed by atoms with Gasteiger partial charge in [0.25, 0.3) is 8.32 Å². The van der Waals surface area contributed by atoms with E-state index in [4.69, 9.17) is 4.43 Å². The van der Waals surface area contributed by atoms with Gasteiger partial charge in [0.1, 0.15) is 5.75 Å². The van der Waals surface area contributed by atoms with Gasteiger partial charge in [0.2, 0.25) is 0 Å². The average Bonchev–Trinajstić information content (AvgIpc) is 2.69. The molecule has 0 N–H and O–H groups in total. The highest BCUT2D eigenvalue weighted by Gasteiger charge is 2.35. The largest absolute Gasteiger partial charge is 0.543 e. The van der Waals surface area contributed by atoms with Crippen molar-refractivity contribution in [2.75, 3.05) is 0 Å². The Balaban J connectivity index is 2.90. The van der Waals surface area contributed by atoms with Crippen LogP contribution in [0.5, 0.6) is 5.75 Å². The fraction of sp³-hybridized carbons (Fsp3) is 0.769. The number of unbranched alkanes of at least 4 members (excludes halogenated alkanes) is 9. The van der Waals surface area contributed by atoms with Crippen molar-refractivity contribution in [3.8, 4) is 5.75 Å². The molecule has 0 saturated heterocycles. The Bertz CT molecular complexity index is 480. The van der Waals surface area contributed by atoms with Gasteiger partial charge < -0.3 is 4.43 Å². The van der Waals surface area contributed by atoms with Crippen LogP contribution in [0, 0.1) is 13.8 Å². The van der Waals surface area contributed by atoms with Crippen LogP contribution in [0.4, 0.5) is 0 Å². The highest BCUT2D eigenvalue weighted by molar-refractivity contribution is 6.74. The SMILES string of the molecule is CCCCCC[Si](CCCCCC)(CCCCCC)Oc1ccc(C)c(C)c1. The molecule has 1 rings (SSSR count). The van der Waals surface area contributed by atoms with Crippen molar-refractivity contribution in [3.63, 3.8) is 0 Å². The van der Waals surface area contributed by atoms with Gasteiger partial charge in [0.05, 0.1) is 0 Å². The number of hydrogen-bond donors (Lipinski definition) is 0. The third-order valence-corrected chi connectivity index (χ3v) is 10.7. The van der Waals surface area contributed by atoms with Crippen LogP contribution in [0.2, 0.25) is 18.1 Å². The van der Waals surface area contributed by atoms with Crippen molar-refractivity contribution in [1.29, 1.82) is 0 Å². The molecule has 0 heterocycles. The second-order valence-electron chi connectivity index (χ2n) is 8.96. The third kappa shape index (κ3) is 10.1. The molecular weight excluding hydrogens is 356 g/mol. The van der Waals surface area contributed by atoms with Crippen molar-refractivity contribution >= 4 is 8.32 Å². The molecule has 0 radical (unpaired) electrons. The topological polar surface area (TPSA) is 9.23 Å². The zero-order valence-electron chi connectivity index (χ0n) is 19.7. The van der Waals surface area contributed by atoms with Crippen LogP contribution in [0.15, 0.2) is 18.2 Å². The Hall–Kier alpha value is -0.763. The highest BCUT2D eigenvalue weighted by atomic mass is 28.4. The van der Waals surface area contributed by atoms with E-state index < -0.39 is 8.32 Å².